The van der Waals surface area contributed by atoms with E-state index >= 15 is 0 Å². The lowest BCUT2D eigenvalue weighted by molar-refractivity contribution is 0.106. The number of aliphatic imine (C=N–C) groups is 1. The normalized spacial score (nSPS) is 28.9. The quantitative estimate of drug-likeness (QED) is 0.569. The SMILES string of the molecule is CN=C(NCC1(N2CCSCC2)CCCC1)N1CCS(=O)(=O)C(C)(C)C1. The highest BCUT2D eigenvalue weighted by molar-refractivity contribution is 7.99. The van der Waals surface area contributed by atoms with Gasteiger partial charge in [-0.3, -0.25) is 9.89 Å². The molecule has 2 aliphatic heterocycles. The van der Waals surface area contributed by atoms with Crippen molar-refractivity contribution in [2.45, 2.75) is 49.8 Å². The molecular weight excluding hydrogens is 368 g/mol. The summed E-state index contributed by atoms with van der Waals surface area (Å²) in [6, 6.07) is 0. The van der Waals surface area contributed by atoms with Crippen LogP contribution in [-0.4, -0.2) is 91.5 Å². The molecular formula is C18H34N4O2S2. The lowest BCUT2D eigenvalue weighted by atomic mass is 9.94. The molecule has 6 nitrogen and oxygen atoms in total. The topological polar surface area (TPSA) is 65.0 Å². The molecule has 3 aliphatic rings. The van der Waals surface area contributed by atoms with Crippen LogP contribution in [0.3, 0.4) is 0 Å². The molecule has 0 amide bonds. The Balaban J connectivity index is 1.66. The van der Waals surface area contributed by atoms with Crippen LogP contribution in [0.25, 0.3) is 0 Å². The standard InChI is InChI=1S/C18H34N4O2S2/c1-17(2)15-21(10-13-26(17,23)24)16(19-3)20-14-18(6-4-5-7-18)22-8-11-25-12-9-22/h4-15H2,1-3H3,(H,19,20). The number of nitrogens with zero attached hydrogens (tertiary/aromatic N) is 3. The van der Waals surface area contributed by atoms with Crippen LogP contribution >= 0.6 is 11.8 Å². The van der Waals surface area contributed by atoms with Crippen molar-refractivity contribution >= 4 is 27.6 Å². The Morgan fingerprint density at radius 2 is 1.81 bits per heavy atom. The number of guanidine groups is 1. The molecule has 0 atom stereocenters. The van der Waals surface area contributed by atoms with E-state index in [0.29, 0.717) is 13.1 Å². The van der Waals surface area contributed by atoms with Gasteiger partial charge in [0.1, 0.15) is 0 Å². The molecule has 1 N–H and O–H groups in total. The van der Waals surface area contributed by atoms with Crippen LogP contribution < -0.4 is 5.32 Å². The zero-order valence-electron chi connectivity index (χ0n) is 16.5. The number of hydrogen-bond donors (Lipinski definition) is 1. The van der Waals surface area contributed by atoms with Gasteiger partial charge in [0.05, 0.1) is 10.5 Å². The summed E-state index contributed by atoms with van der Waals surface area (Å²) in [7, 11) is -1.23. The molecule has 0 aromatic heterocycles. The third-order valence-corrected chi connectivity index (χ3v) is 9.82. The van der Waals surface area contributed by atoms with E-state index in [2.05, 4.69) is 31.9 Å². The van der Waals surface area contributed by atoms with Gasteiger partial charge in [0.2, 0.25) is 0 Å². The van der Waals surface area contributed by atoms with Gasteiger partial charge in [-0.25, -0.2) is 8.42 Å². The van der Waals surface area contributed by atoms with Gasteiger partial charge >= 0.3 is 0 Å². The van der Waals surface area contributed by atoms with E-state index in [-0.39, 0.29) is 11.3 Å². The summed E-state index contributed by atoms with van der Waals surface area (Å²) in [5.41, 5.74) is 0.244. The third-order valence-electron chi connectivity index (χ3n) is 6.35. The van der Waals surface area contributed by atoms with E-state index in [9.17, 15) is 8.42 Å². The molecule has 0 bridgehead atoms. The highest BCUT2D eigenvalue weighted by Crippen LogP contribution is 2.36. The van der Waals surface area contributed by atoms with E-state index in [4.69, 9.17) is 0 Å². The van der Waals surface area contributed by atoms with Gasteiger partial charge in [-0.15, -0.1) is 0 Å². The number of rotatable bonds is 3. The first-order valence-electron chi connectivity index (χ1n) is 9.80. The van der Waals surface area contributed by atoms with Gasteiger partial charge in [-0.2, -0.15) is 11.8 Å². The van der Waals surface area contributed by atoms with Crippen molar-refractivity contribution in [2.75, 3.05) is 57.0 Å². The molecule has 0 aromatic carbocycles. The van der Waals surface area contributed by atoms with Crippen LogP contribution in [0.1, 0.15) is 39.5 Å². The molecule has 2 saturated heterocycles. The van der Waals surface area contributed by atoms with Crippen molar-refractivity contribution in [3.63, 3.8) is 0 Å². The molecule has 1 aliphatic carbocycles. The molecule has 0 radical (unpaired) electrons. The summed E-state index contributed by atoms with van der Waals surface area (Å²) in [5.74, 6) is 3.52. The molecule has 8 heteroatoms. The molecule has 0 aromatic rings. The van der Waals surface area contributed by atoms with E-state index < -0.39 is 14.6 Å². The Bertz CT molecular complexity index is 621. The monoisotopic (exact) mass is 402 g/mol. The predicted molar refractivity (Wildman–Crippen MR) is 111 cm³/mol. The minimum atomic E-state index is -3.03. The zero-order chi connectivity index (χ0) is 18.8. The second-order valence-corrected chi connectivity index (χ2v) is 12.4. The molecule has 0 spiro atoms. The smallest absolute Gasteiger partial charge is 0.193 e. The van der Waals surface area contributed by atoms with Crippen LogP contribution in [0, 0.1) is 0 Å². The summed E-state index contributed by atoms with van der Waals surface area (Å²) in [6.45, 7) is 7.95. The van der Waals surface area contributed by atoms with Crippen molar-refractivity contribution in [2.24, 2.45) is 4.99 Å². The Morgan fingerprint density at radius 3 is 2.38 bits per heavy atom. The number of sulfone groups is 1. The van der Waals surface area contributed by atoms with Crippen LogP contribution in [0.5, 0.6) is 0 Å². The molecule has 26 heavy (non-hydrogen) atoms. The average molecular weight is 403 g/mol. The van der Waals surface area contributed by atoms with Gasteiger partial charge in [-0.05, 0) is 26.7 Å². The van der Waals surface area contributed by atoms with Crippen molar-refractivity contribution in [3.05, 3.63) is 0 Å². The molecule has 1 saturated carbocycles. The maximum absolute atomic E-state index is 12.3. The average Bonchev–Trinajstić information content (AvgIpc) is 3.09. The van der Waals surface area contributed by atoms with Crippen molar-refractivity contribution in [3.8, 4) is 0 Å². The first kappa shape index (κ1) is 20.3. The third kappa shape index (κ3) is 4.02. The molecule has 3 rings (SSSR count). The number of hydrogen-bond acceptors (Lipinski definition) is 5. The van der Waals surface area contributed by atoms with Gasteiger partial charge < -0.3 is 10.2 Å². The van der Waals surface area contributed by atoms with E-state index in [1.54, 1.807) is 7.05 Å². The first-order chi connectivity index (χ1) is 12.3. The minimum absolute atomic E-state index is 0.204. The van der Waals surface area contributed by atoms with Crippen molar-refractivity contribution in [1.82, 2.24) is 15.1 Å². The second-order valence-electron chi connectivity index (χ2n) is 8.43. The highest BCUT2D eigenvalue weighted by Gasteiger charge is 2.43. The van der Waals surface area contributed by atoms with Crippen molar-refractivity contribution in [1.29, 1.82) is 0 Å². The fourth-order valence-corrected chi connectivity index (χ4v) is 6.84. The van der Waals surface area contributed by atoms with E-state index in [1.807, 2.05) is 13.8 Å². The Morgan fingerprint density at radius 1 is 1.15 bits per heavy atom. The van der Waals surface area contributed by atoms with Gasteiger partial charge in [0.15, 0.2) is 15.8 Å². The zero-order valence-corrected chi connectivity index (χ0v) is 18.1. The highest BCUT2D eigenvalue weighted by atomic mass is 32.2. The lowest BCUT2D eigenvalue weighted by Crippen LogP contribution is -2.61. The molecule has 0 unspecified atom stereocenters. The summed E-state index contributed by atoms with van der Waals surface area (Å²) >= 11 is 2.06. The summed E-state index contributed by atoms with van der Waals surface area (Å²) in [5, 5.41) is 3.62. The van der Waals surface area contributed by atoms with Gasteiger partial charge in [0, 0.05) is 56.8 Å². The number of thioether (sulfide) groups is 1. The Kier molecular flexibility index (Phi) is 6.14. The predicted octanol–water partition coefficient (Wildman–Crippen LogP) is 1.43. The van der Waals surface area contributed by atoms with Crippen molar-refractivity contribution < 1.29 is 8.42 Å². The maximum atomic E-state index is 12.3. The fraction of sp³-hybridized carbons (Fsp3) is 0.944. The van der Waals surface area contributed by atoms with Gasteiger partial charge in [-0.1, -0.05) is 12.8 Å². The fourth-order valence-electron chi connectivity index (χ4n) is 4.58. The molecule has 3 fully saturated rings. The first-order valence-corrected chi connectivity index (χ1v) is 12.6. The minimum Gasteiger partial charge on any atom is -0.354 e. The lowest BCUT2D eigenvalue weighted by Gasteiger charge is -2.45. The van der Waals surface area contributed by atoms with Crippen LogP contribution in [0.15, 0.2) is 4.99 Å². The molecule has 2 heterocycles. The van der Waals surface area contributed by atoms with Gasteiger partial charge in [0.25, 0.3) is 0 Å². The Hall–Kier alpha value is -0.470. The summed E-state index contributed by atoms with van der Waals surface area (Å²) < 4.78 is 23.9. The largest absolute Gasteiger partial charge is 0.354 e. The Labute approximate surface area is 163 Å². The van der Waals surface area contributed by atoms with Crippen LogP contribution in [0.4, 0.5) is 0 Å². The number of nitrogens with one attached hydrogen (secondary N) is 1. The maximum Gasteiger partial charge on any atom is 0.193 e. The summed E-state index contributed by atoms with van der Waals surface area (Å²) in [6.07, 6.45) is 5.11. The molecule has 150 valence electrons. The van der Waals surface area contributed by atoms with Crippen LogP contribution in [0.2, 0.25) is 0 Å². The van der Waals surface area contributed by atoms with E-state index in [1.165, 1.54) is 50.3 Å². The van der Waals surface area contributed by atoms with E-state index in [0.717, 1.165) is 12.5 Å². The van der Waals surface area contributed by atoms with Crippen LogP contribution in [-0.2, 0) is 9.84 Å². The summed E-state index contributed by atoms with van der Waals surface area (Å²) in [4.78, 5) is 9.29. The second kappa shape index (κ2) is 7.87.